The Morgan fingerprint density at radius 2 is 2.08 bits per heavy atom. The summed E-state index contributed by atoms with van der Waals surface area (Å²) < 4.78 is 24.8. The Labute approximate surface area is 85.3 Å². The van der Waals surface area contributed by atoms with E-state index in [1.807, 2.05) is 0 Å². The van der Waals surface area contributed by atoms with E-state index in [0.717, 1.165) is 6.26 Å². The van der Waals surface area contributed by atoms with Crippen molar-refractivity contribution in [3.8, 4) is 0 Å². The molecule has 72 valence electrons. The Kier molecular flexibility index (Phi) is 2.82. The maximum absolute atomic E-state index is 10.9. The molecule has 0 bridgehead atoms. The third kappa shape index (κ3) is 3.23. The van der Waals surface area contributed by atoms with Gasteiger partial charge >= 0.3 is 0 Å². The van der Waals surface area contributed by atoms with Crippen LogP contribution in [0.15, 0.2) is 22.7 Å². The fourth-order valence-electron chi connectivity index (χ4n) is 0.821. The molecule has 0 amide bonds. The van der Waals surface area contributed by atoms with Crippen LogP contribution in [0.4, 0.5) is 11.4 Å². The van der Waals surface area contributed by atoms with E-state index in [1.54, 1.807) is 18.2 Å². The minimum Gasteiger partial charge on any atom is -0.399 e. The van der Waals surface area contributed by atoms with Crippen LogP contribution < -0.4 is 10.5 Å². The van der Waals surface area contributed by atoms with Gasteiger partial charge in [-0.1, -0.05) is 0 Å². The molecule has 0 fully saturated rings. The molecule has 0 aliphatic heterocycles. The highest BCUT2D eigenvalue weighted by atomic mass is 79.9. The number of anilines is 2. The molecule has 6 heteroatoms. The fraction of sp³-hybridized carbons (Fsp3) is 0.143. The Balaban J connectivity index is 3.08. The fourth-order valence-corrected chi connectivity index (χ4v) is 1.87. The topological polar surface area (TPSA) is 72.2 Å². The van der Waals surface area contributed by atoms with Crippen molar-refractivity contribution < 1.29 is 8.42 Å². The van der Waals surface area contributed by atoms with Crippen LogP contribution in [-0.2, 0) is 10.0 Å². The van der Waals surface area contributed by atoms with Gasteiger partial charge in [-0.25, -0.2) is 8.42 Å². The SMILES string of the molecule is CS(=O)(=O)Nc1cc(N)ccc1Br. The van der Waals surface area contributed by atoms with Crippen molar-refractivity contribution in [3.05, 3.63) is 22.7 Å². The van der Waals surface area contributed by atoms with Crippen molar-refractivity contribution in [2.75, 3.05) is 16.7 Å². The molecule has 0 saturated carbocycles. The molecular weight excluding hydrogens is 256 g/mol. The Hall–Kier alpha value is -0.750. The quantitative estimate of drug-likeness (QED) is 0.794. The zero-order valence-corrected chi connectivity index (χ0v) is 9.31. The van der Waals surface area contributed by atoms with E-state index in [4.69, 9.17) is 5.73 Å². The summed E-state index contributed by atoms with van der Waals surface area (Å²) in [5.41, 5.74) is 6.45. The molecular formula is C7H9BrN2O2S. The van der Waals surface area contributed by atoms with E-state index >= 15 is 0 Å². The van der Waals surface area contributed by atoms with E-state index in [1.165, 1.54) is 0 Å². The number of benzene rings is 1. The number of nitrogens with one attached hydrogen (secondary N) is 1. The summed E-state index contributed by atoms with van der Waals surface area (Å²) in [5.74, 6) is 0. The Bertz CT molecular complexity index is 417. The Morgan fingerprint density at radius 1 is 1.46 bits per heavy atom. The van der Waals surface area contributed by atoms with Gasteiger partial charge in [-0.3, -0.25) is 4.72 Å². The van der Waals surface area contributed by atoms with E-state index in [9.17, 15) is 8.42 Å². The third-order valence-corrected chi connectivity index (χ3v) is 2.57. The van der Waals surface area contributed by atoms with E-state index in [-0.39, 0.29) is 0 Å². The average Bonchev–Trinajstić information content (AvgIpc) is 1.94. The van der Waals surface area contributed by atoms with Crippen LogP contribution in [0.1, 0.15) is 0 Å². The molecule has 0 aliphatic rings. The maximum Gasteiger partial charge on any atom is 0.229 e. The van der Waals surface area contributed by atoms with Crippen molar-refractivity contribution >= 4 is 37.3 Å². The lowest BCUT2D eigenvalue weighted by Gasteiger charge is -2.06. The van der Waals surface area contributed by atoms with Gasteiger partial charge in [0.05, 0.1) is 11.9 Å². The molecule has 0 spiro atoms. The first kappa shape index (κ1) is 10.3. The first-order chi connectivity index (χ1) is 5.88. The van der Waals surface area contributed by atoms with Crippen LogP contribution in [0, 0.1) is 0 Å². The summed E-state index contributed by atoms with van der Waals surface area (Å²) in [7, 11) is -3.25. The van der Waals surface area contributed by atoms with Gasteiger partial charge in [0.2, 0.25) is 10.0 Å². The van der Waals surface area contributed by atoms with Gasteiger partial charge in [-0.2, -0.15) is 0 Å². The van der Waals surface area contributed by atoms with Gasteiger partial charge in [0.25, 0.3) is 0 Å². The predicted octanol–water partition coefficient (Wildman–Crippen LogP) is 1.40. The van der Waals surface area contributed by atoms with E-state index < -0.39 is 10.0 Å². The van der Waals surface area contributed by atoms with Gasteiger partial charge < -0.3 is 5.73 Å². The molecule has 4 nitrogen and oxygen atoms in total. The van der Waals surface area contributed by atoms with Crippen LogP contribution in [0.2, 0.25) is 0 Å². The van der Waals surface area contributed by atoms with Crippen LogP contribution in [0.5, 0.6) is 0 Å². The van der Waals surface area contributed by atoms with Crippen molar-refractivity contribution in [1.29, 1.82) is 0 Å². The van der Waals surface area contributed by atoms with E-state index in [2.05, 4.69) is 20.7 Å². The molecule has 3 N–H and O–H groups in total. The van der Waals surface area contributed by atoms with Gasteiger partial charge in [0, 0.05) is 10.2 Å². The molecule has 0 radical (unpaired) electrons. The average molecular weight is 265 g/mol. The lowest BCUT2D eigenvalue weighted by molar-refractivity contribution is 0.607. The molecule has 1 aromatic rings. The lowest BCUT2D eigenvalue weighted by Crippen LogP contribution is -2.10. The number of nitrogen functional groups attached to an aromatic ring is 1. The summed E-state index contributed by atoms with van der Waals surface area (Å²) in [6.45, 7) is 0. The Morgan fingerprint density at radius 3 is 2.62 bits per heavy atom. The molecule has 0 heterocycles. The van der Waals surface area contributed by atoms with Gasteiger partial charge in [0.15, 0.2) is 0 Å². The lowest BCUT2D eigenvalue weighted by atomic mass is 10.3. The molecule has 0 atom stereocenters. The molecule has 0 saturated heterocycles. The minimum absolute atomic E-state index is 0.447. The van der Waals surface area contributed by atoms with Crippen molar-refractivity contribution in [3.63, 3.8) is 0 Å². The van der Waals surface area contributed by atoms with Crippen molar-refractivity contribution in [1.82, 2.24) is 0 Å². The maximum atomic E-state index is 10.9. The molecule has 1 rings (SSSR count). The number of hydrogen-bond donors (Lipinski definition) is 2. The molecule has 1 aromatic carbocycles. The number of sulfonamides is 1. The first-order valence-corrected chi connectivity index (χ1v) is 6.10. The third-order valence-electron chi connectivity index (χ3n) is 1.29. The first-order valence-electron chi connectivity index (χ1n) is 3.41. The second-order valence-corrected chi connectivity index (χ2v) is 5.22. The van der Waals surface area contributed by atoms with Crippen molar-refractivity contribution in [2.45, 2.75) is 0 Å². The number of halogens is 1. The second kappa shape index (κ2) is 3.55. The van der Waals surface area contributed by atoms with E-state index in [0.29, 0.717) is 15.8 Å². The minimum atomic E-state index is -3.25. The number of hydrogen-bond acceptors (Lipinski definition) is 3. The smallest absolute Gasteiger partial charge is 0.229 e. The van der Waals surface area contributed by atoms with Gasteiger partial charge in [0.1, 0.15) is 0 Å². The summed E-state index contributed by atoms with van der Waals surface area (Å²) >= 11 is 3.20. The summed E-state index contributed by atoms with van der Waals surface area (Å²) in [6.07, 6.45) is 1.09. The van der Waals surface area contributed by atoms with Gasteiger partial charge in [-0.05, 0) is 34.1 Å². The van der Waals surface area contributed by atoms with Crippen LogP contribution in [0.25, 0.3) is 0 Å². The normalized spacial score (nSPS) is 11.2. The summed E-state index contributed by atoms with van der Waals surface area (Å²) in [4.78, 5) is 0. The molecule has 13 heavy (non-hydrogen) atoms. The van der Waals surface area contributed by atoms with Crippen LogP contribution in [0.3, 0.4) is 0 Å². The summed E-state index contributed by atoms with van der Waals surface area (Å²) in [6, 6.07) is 4.91. The standard InChI is InChI=1S/C7H9BrN2O2S/c1-13(11,12)10-7-4-5(9)2-3-6(7)8/h2-4,10H,9H2,1H3. The predicted molar refractivity (Wildman–Crippen MR) is 57.0 cm³/mol. The molecule has 0 aliphatic carbocycles. The largest absolute Gasteiger partial charge is 0.399 e. The highest BCUT2D eigenvalue weighted by Crippen LogP contribution is 2.25. The van der Waals surface area contributed by atoms with Crippen LogP contribution >= 0.6 is 15.9 Å². The molecule has 0 aromatic heterocycles. The summed E-state index contributed by atoms with van der Waals surface area (Å²) in [5, 5.41) is 0. The zero-order chi connectivity index (χ0) is 10.1. The molecule has 0 unspecified atom stereocenters. The number of rotatable bonds is 2. The highest BCUT2D eigenvalue weighted by molar-refractivity contribution is 9.10. The van der Waals surface area contributed by atoms with Crippen molar-refractivity contribution in [2.24, 2.45) is 0 Å². The zero-order valence-electron chi connectivity index (χ0n) is 6.91. The second-order valence-electron chi connectivity index (χ2n) is 2.61. The van der Waals surface area contributed by atoms with Gasteiger partial charge in [-0.15, -0.1) is 0 Å². The highest BCUT2D eigenvalue weighted by Gasteiger charge is 2.05. The number of nitrogens with two attached hydrogens (primary N) is 1. The monoisotopic (exact) mass is 264 g/mol. The van der Waals surface area contributed by atoms with Crippen LogP contribution in [-0.4, -0.2) is 14.7 Å².